The number of pyridine rings is 1. The Morgan fingerprint density at radius 3 is 2.69 bits per heavy atom. The monoisotopic (exact) mass is 516 g/mol. The summed E-state index contributed by atoms with van der Waals surface area (Å²) in [4.78, 5) is 21.0. The third kappa shape index (κ3) is 5.95. The van der Waals surface area contributed by atoms with Crippen molar-refractivity contribution < 1.29 is 27.4 Å². The van der Waals surface area contributed by atoms with Gasteiger partial charge in [0.15, 0.2) is 5.75 Å². The molecule has 186 valence electrons. The Hall–Kier alpha value is -4.05. The number of carbonyl (C=O) groups is 1. The first-order valence-corrected chi connectivity index (χ1v) is 11.1. The molecule has 11 heteroatoms. The fraction of sp³-hybridized carbons (Fsp3) is 0.160. The number of anilines is 1. The summed E-state index contributed by atoms with van der Waals surface area (Å²) in [6, 6.07) is 12.7. The third-order valence-corrected chi connectivity index (χ3v) is 5.34. The maximum absolute atomic E-state index is 13.4. The van der Waals surface area contributed by atoms with Crippen molar-refractivity contribution >= 4 is 35.1 Å². The van der Waals surface area contributed by atoms with Crippen LogP contribution in [0.5, 0.6) is 17.2 Å². The molecule has 0 unspecified atom stereocenters. The van der Waals surface area contributed by atoms with Crippen molar-refractivity contribution in [1.82, 2.24) is 10.3 Å². The molecule has 4 rings (SSSR count). The van der Waals surface area contributed by atoms with Crippen LogP contribution in [-0.4, -0.2) is 36.9 Å². The average molecular weight is 517 g/mol. The molecule has 0 radical (unpaired) electrons. The molecule has 2 heterocycles. The van der Waals surface area contributed by atoms with Gasteiger partial charge in [0.25, 0.3) is 0 Å². The molecule has 0 fully saturated rings. The number of hydrogen-bond acceptors (Lipinski definition) is 6. The third-order valence-electron chi connectivity index (χ3n) is 5.02. The largest absolute Gasteiger partial charge is 0.494 e. The molecule has 1 amide bonds. The van der Waals surface area contributed by atoms with Crippen molar-refractivity contribution in [3.8, 4) is 17.2 Å². The average Bonchev–Trinajstić information content (AvgIpc) is 3.38. The molecule has 0 saturated heterocycles. The summed E-state index contributed by atoms with van der Waals surface area (Å²) in [6.45, 7) is 1.46. The minimum Gasteiger partial charge on any atom is -0.494 e. The lowest BCUT2D eigenvalue weighted by Crippen LogP contribution is -2.20. The molecular formula is C25H20ClF3N4O3. The number of nitrogens with one attached hydrogen (secondary N) is 2. The van der Waals surface area contributed by atoms with E-state index in [1.54, 1.807) is 42.6 Å². The van der Waals surface area contributed by atoms with E-state index < -0.39 is 28.4 Å². The molecule has 0 bridgehead atoms. The zero-order valence-electron chi connectivity index (χ0n) is 18.9. The van der Waals surface area contributed by atoms with Crippen LogP contribution < -0.4 is 20.1 Å². The molecule has 0 saturated carbocycles. The van der Waals surface area contributed by atoms with Crippen LogP contribution in [0.25, 0.3) is 6.08 Å². The van der Waals surface area contributed by atoms with E-state index >= 15 is 0 Å². The number of carbonyl (C=O) groups excluding carboxylic acids is 1. The minimum atomic E-state index is -4.75. The van der Waals surface area contributed by atoms with E-state index in [1.165, 1.54) is 18.2 Å². The van der Waals surface area contributed by atoms with Gasteiger partial charge in [0.2, 0.25) is 5.91 Å². The van der Waals surface area contributed by atoms with Crippen molar-refractivity contribution in [2.45, 2.75) is 6.18 Å². The smallest absolute Gasteiger partial charge is 0.421 e. The predicted octanol–water partition coefficient (Wildman–Crippen LogP) is 5.56. The Kier molecular flexibility index (Phi) is 7.44. The van der Waals surface area contributed by atoms with Gasteiger partial charge in [-0.3, -0.25) is 14.8 Å². The number of amides is 1. The van der Waals surface area contributed by atoms with Crippen molar-refractivity contribution in [3.63, 3.8) is 0 Å². The molecule has 3 aromatic rings. The summed E-state index contributed by atoms with van der Waals surface area (Å²) in [6.07, 6.45) is -0.439. The summed E-state index contributed by atoms with van der Waals surface area (Å²) in [5.74, 6) is 0.569. The first-order valence-electron chi connectivity index (χ1n) is 10.7. The number of ether oxygens (including phenoxy) is 2. The number of halogens is 4. The van der Waals surface area contributed by atoms with Gasteiger partial charge in [0, 0.05) is 24.9 Å². The van der Waals surface area contributed by atoms with E-state index in [4.69, 9.17) is 21.1 Å². The van der Waals surface area contributed by atoms with Gasteiger partial charge >= 0.3 is 6.18 Å². The van der Waals surface area contributed by atoms with E-state index in [9.17, 15) is 18.0 Å². The maximum atomic E-state index is 13.4. The molecule has 36 heavy (non-hydrogen) atoms. The van der Waals surface area contributed by atoms with Gasteiger partial charge in [-0.1, -0.05) is 23.7 Å². The molecule has 0 atom stereocenters. The molecule has 7 nitrogen and oxygen atoms in total. The highest BCUT2D eigenvalue weighted by Crippen LogP contribution is 2.44. The molecule has 1 aliphatic rings. The van der Waals surface area contributed by atoms with Crippen LogP contribution in [0, 0.1) is 0 Å². The van der Waals surface area contributed by atoms with Crippen molar-refractivity contribution in [3.05, 3.63) is 82.6 Å². The van der Waals surface area contributed by atoms with Crippen molar-refractivity contribution in [2.75, 3.05) is 25.5 Å². The molecular weight excluding hydrogens is 497 g/mol. The highest BCUT2D eigenvalue weighted by Gasteiger charge is 2.38. The number of rotatable bonds is 7. The molecule has 1 aromatic heterocycles. The molecule has 1 aliphatic heterocycles. The Labute approximate surface area is 209 Å². The van der Waals surface area contributed by atoms with Crippen LogP contribution in [0.1, 0.15) is 16.8 Å². The lowest BCUT2D eigenvalue weighted by atomic mass is 10.1. The van der Waals surface area contributed by atoms with Gasteiger partial charge in [0.1, 0.15) is 28.6 Å². The fourth-order valence-electron chi connectivity index (χ4n) is 3.47. The van der Waals surface area contributed by atoms with E-state index in [0.29, 0.717) is 35.1 Å². The number of alkyl halides is 3. The second-order valence-corrected chi connectivity index (χ2v) is 7.94. The van der Waals surface area contributed by atoms with Crippen LogP contribution in [0.3, 0.4) is 0 Å². The number of aromatic nitrogens is 1. The number of benzene rings is 2. The van der Waals surface area contributed by atoms with E-state index in [1.807, 2.05) is 0 Å². The number of aliphatic imine (C=N–C) groups is 1. The molecule has 0 spiro atoms. The van der Waals surface area contributed by atoms with Crippen molar-refractivity contribution in [2.24, 2.45) is 4.99 Å². The quantitative estimate of drug-likeness (QED) is 0.402. The number of hydrogen-bond donors (Lipinski definition) is 2. The van der Waals surface area contributed by atoms with Gasteiger partial charge in [-0.25, -0.2) is 0 Å². The summed E-state index contributed by atoms with van der Waals surface area (Å²) < 4.78 is 50.9. The van der Waals surface area contributed by atoms with Gasteiger partial charge in [-0.05, 0) is 42.0 Å². The van der Waals surface area contributed by atoms with Crippen LogP contribution >= 0.6 is 11.6 Å². The standard InChI is InChI=1S/C25H20ClF3N4O3/c1-35-23-19(7-6-18(26)22(23)25(27,28)29)33-21(34)8-5-15-3-2-4-16(13-15)36-17-9-10-30-20(14-17)24-31-11-12-32-24/h2-10,13-14H,11-12H2,1H3,(H,31,32)(H,33,34)/b8-5+. The Bertz CT molecular complexity index is 1340. The van der Waals surface area contributed by atoms with Crippen molar-refractivity contribution in [1.29, 1.82) is 0 Å². The first kappa shape index (κ1) is 25.1. The predicted molar refractivity (Wildman–Crippen MR) is 131 cm³/mol. The van der Waals surface area contributed by atoms with Crippen LogP contribution in [0.4, 0.5) is 18.9 Å². The van der Waals surface area contributed by atoms with Crippen LogP contribution in [0.15, 0.2) is 65.8 Å². The van der Waals surface area contributed by atoms with E-state index in [-0.39, 0.29) is 5.69 Å². The normalized spacial score (nSPS) is 13.3. The van der Waals surface area contributed by atoms with Gasteiger partial charge in [-0.15, -0.1) is 0 Å². The van der Waals surface area contributed by atoms with Crippen LogP contribution in [-0.2, 0) is 11.0 Å². The Morgan fingerprint density at radius 2 is 1.97 bits per heavy atom. The number of methoxy groups -OCH3 is 1. The summed E-state index contributed by atoms with van der Waals surface area (Å²) in [5.41, 5.74) is -0.00833. The van der Waals surface area contributed by atoms with Gasteiger partial charge < -0.3 is 20.1 Å². The number of amidine groups is 1. The highest BCUT2D eigenvalue weighted by molar-refractivity contribution is 6.31. The van der Waals surface area contributed by atoms with E-state index in [0.717, 1.165) is 19.7 Å². The Balaban J connectivity index is 1.46. The van der Waals surface area contributed by atoms with E-state index in [2.05, 4.69) is 20.6 Å². The van der Waals surface area contributed by atoms with Gasteiger partial charge in [-0.2, -0.15) is 13.2 Å². The highest BCUT2D eigenvalue weighted by atomic mass is 35.5. The molecule has 0 aliphatic carbocycles. The lowest BCUT2D eigenvalue weighted by molar-refractivity contribution is -0.138. The molecule has 2 aromatic carbocycles. The lowest BCUT2D eigenvalue weighted by Gasteiger charge is -2.17. The second-order valence-electron chi connectivity index (χ2n) is 7.53. The molecule has 2 N–H and O–H groups in total. The summed E-state index contributed by atoms with van der Waals surface area (Å²) in [5, 5.41) is 5.02. The van der Waals surface area contributed by atoms with Crippen LogP contribution in [0.2, 0.25) is 5.02 Å². The minimum absolute atomic E-state index is 0.157. The zero-order chi connectivity index (χ0) is 25.7. The number of nitrogens with zero attached hydrogens (tertiary/aromatic N) is 2. The fourth-order valence-corrected chi connectivity index (χ4v) is 3.73. The SMILES string of the molecule is COc1c(NC(=O)/C=C/c2cccc(Oc3ccnc(C4=NCCN4)c3)c2)ccc(Cl)c1C(F)(F)F. The maximum Gasteiger partial charge on any atom is 0.421 e. The summed E-state index contributed by atoms with van der Waals surface area (Å²) >= 11 is 5.71. The van der Waals surface area contributed by atoms with Gasteiger partial charge in [0.05, 0.1) is 24.4 Å². The first-order chi connectivity index (χ1) is 17.2. The zero-order valence-corrected chi connectivity index (χ0v) is 19.7. The Morgan fingerprint density at radius 1 is 1.17 bits per heavy atom. The topological polar surface area (TPSA) is 84.8 Å². The second kappa shape index (κ2) is 10.7. The summed E-state index contributed by atoms with van der Waals surface area (Å²) in [7, 11) is 1.07.